The van der Waals surface area contributed by atoms with Crippen LogP contribution in [-0.4, -0.2) is 41.2 Å². The third-order valence-electron chi connectivity index (χ3n) is 4.01. The molecule has 0 aromatic heterocycles. The highest BCUT2D eigenvalue weighted by Crippen LogP contribution is 2.32. The van der Waals surface area contributed by atoms with E-state index in [2.05, 4.69) is 0 Å². The highest BCUT2D eigenvalue weighted by molar-refractivity contribution is 7.98. The molecular formula is C15H19NO3S. The molecule has 1 amide bonds. The van der Waals surface area contributed by atoms with Crippen molar-refractivity contribution in [1.29, 1.82) is 0 Å². The van der Waals surface area contributed by atoms with Crippen molar-refractivity contribution >= 4 is 23.6 Å². The molecule has 0 spiro atoms. The summed E-state index contributed by atoms with van der Waals surface area (Å²) < 4.78 is 0. The van der Waals surface area contributed by atoms with Crippen LogP contribution in [0, 0.1) is 5.41 Å². The van der Waals surface area contributed by atoms with Gasteiger partial charge in [-0.1, -0.05) is 12.1 Å². The van der Waals surface area contributed by atoms with Crippen molar-refractivity contribution in [3.8, 4) is 0 Å². The molecule has 0 radical (unpaired) electrons. The molecule has 1 aliphatic rings. The van der Waals surface area contributed by atoms with Crippen LogP contribution < -0.4 is 0 Å². The summed E-state index contributed by atoms with van der Waals surface area (Å²) >= 11 is 1.55. The monoisotopic (exact) mass is 293 g/mol. The Labute approximate surface area is 123 Å². The van der Waals surface area contributed by atoms with Gasteiger partial charge in [-0.3, -0.25) is 9.59 Å². The Balaban J connectivity index is 2.11. The maximum Gasteiger partial charge on any atom is 0.309 e. The van der Waals surface area contributed by atoms with Crippen LogP contribution in [0.4, 0.5) is 0 Å². The molecule has 0 saturated carbocycles. The number of amides is 1. The summed E-state index contributed by atoms with van der Waals surface area (Å²) in [5.74, 6) is -0.767. The summed E-state index contributed by atoms with van der Waals surface area (Å²) in [6.45, 7) is 2.77. The standard InChI is InChI=1S/C15H19NO3S/c1-15(14(18)19)7-9-16(10-8-15)13(17)11-5-3-4-6-12(11)20-2/h3-6H,7-10H2,1-2H3,(H,18,19). The summed E-state index contributed by atoms with van der Waals surface area (Å²) in [6, 6.07) is 7.54. The van der Waals surface area contributed by atoms with Gasteiger partial charge in [0.25, 0.3) is 5.91 Å². The third kappa shape index (κ3) is 2.82. The van der Waals surface area contributed by atoms with Gasteiger partial charge in [-0.2, -0.15) is 0 Å². The lowest BCUT2D eigenvalue weighted by atomic mass is 9.80. The number of carboxylic acids is 1. The summed E-state index contributed by atoms with van der Waals surface area (Å²) in [5, 5.41) is 9.21. The summed E-state index contributed by atoms with van der Waals surface area (Å²) in [4.78, 5) is 26.5. The third-order valence-corrected chi connectivity index (χ3v) is 4.80. The highest BCUT2D eigenvalue weighted by Gasteiger charge is 2.38. The summed E-state index contributed by atoms with van der Waals surface area (Å²) in [5.41, 5.74) is 0.00873. The Hall–Kier alpha value is -1.49. The first-order valence-corrected chi connectivity index (χ1v) is 7.86. The van der Waals surface area contributed by atoms with E-state index in [0.717, 1.165) is 4.90 Å². The number of carbonyl (C=O) groups is 2. The zero-order valence-electron chi connectivity index (χ0n) is 11.8. The van der Waals surface area contributed by atoms with Crippen molar-refractivity contribution in [2.45, 2.75) is 24.7 Å². The van der Waals surface area contributed by atoms with E-state index in [-0.39, 0.29) is 5.91 Å². The van der Waals surface area contributed by atoms with E-state index >= 15 is 0 Å². The molecule has 1 heterocycles. The number of thioether (sulfide) groups is 1. The molecule has 0 bridgehead atoms. The zero-order valence-corrected chi connectivity index (χ0v) is 12.6. The van der Waals surface area contributed by atoms with Gasteiger partial charge in [0.2, 0.25) is 0 Å². The molecule has 108 valence electrons. The van der Waals surface area contributed by atoms with E-state index in [1.165, 1.54) is 0 Å². The fourth-order valence-corrected chi connectivity index (χ4v) is 3.00. The number of piperidine rings is 1. The number of rotatable bonds is 3. The summed E-state index contributed by atoms with van der Waals surface area (Å²) in [7, 11) is 0. The molecule has 5 heteroatoms. The van der Waals surface area contributed by atoms with Crippen LogP contribution in [0.25, 0.3) is 0 Å². The molecule has 1 aliphatic heterocycles. The number of nitrogens with zero attached hydrogens (tertiary/aromatic N) is 1. The average molecular weight is 293 g/mol. The van der Waals surface area contributed by atoms with Crippen LogP contribution in [0.15, 0.2) is 29.2 Å². The van der Waals surface area contributed by atoms with E-state index < -0.39 is 11.4 Å². The molecule has 1 fully saturated rings. The van der Waals surface area contributed by atoms with E-state index in [0.29, 0.717) is 31.5 Å². The predicted octanol–water partition coefficient (Wildman–Crippen LogP) is 2.74. The number of carboxylic acid groups (broad SMARTS) is 1. The Bertz CT molecular complexity index is 522. The molecule has 1 N–H and O–H groups in total. The van der Waals surface area contributed by atoms with Gasteiger partial charge in [-0.25, -0.2) is 0 Å². The smallest absolute Gasteiger partial charge is 0.309 e. The van der Waals surface area contributed by atoms with Gasteiger partial charge in [-0.05, 0) is 38.2 Å². The van der Waals surface area contributed by atoms with Crippen LogP contribution in [-0.2, 0) is 4.79 Å². The zero-order chi connectivity index (χ0) is 14.8. The Morgan fingerprint density at radius 2 is 1.85 bits per heavy atom. The lowest BCUT2D eigenvalue weighted by molar-refractivity contribution is -0.150. The molecule has 4 nitrogen and oxygen atoms in total. The molecule has 0 atom stereocenters. The van der Waals surface area contributed by atoms with Crippen molar-refractivity contribution in [3.63, 3.8) is 0 Å². The molecule has 20 heavy (non-hydrogen) atoms. The van der Waals surface area contributed by atoms with E-state index in [1.54, 1.807) is 23.6 Å². The molecule has 1 saturated heterocycles. The minimum absolute atomic E-state index is 0.00221. The lowest BCUT2D eigenvalue weighted by Crippen LogP contribution is -2.45. The van der Waals surface area contributed by atoms with Gasteiger partial charge >= 0.3 is 5.97 Å². The predicted molar refractivity (Wildman–Crippen MR) is 79.1 cm³/mol. The average Bonchev–Trinajstić information content (AvgIpc) is 2.47. The van der Waals surface area contributed by atoms with Gasteiger partial charge in [0, 0.05) is 18.0 Å². The van der Waals surface area contributed by atoms with E-state index in [4.69, 9.17) is 0 Å². The largest absolute Gasteiger partial charge is 0.481 e. The quantitative estimate of drug-likeness (QED) is 0.871. The van der Waals surface area contributed by atoms with Crippen molar-refractivity contribution in [2.75, 3.05) is 19.3 Å². The molecule has 2 rings (SSSR count). The summed E-state index contributed by atoms with van der Waals surface area (Å²) in [6.07, 6.45) is 2.97. The van der Waals surface area contributed by atoms with Gasteiger partial charge in [0.1, 0.15) is 0 Å². The van der Waals surface area contributed by atoms with Crippen molar-refractivity contribution in [3.05, 3.63) is 29.8 Å². The number of likely N-dealkylation sites (tertiary alicyclic amines) is 1. The SMILES string of the molecule is CSc1ccccc1C(=O)N1CCC(C)(C(=O)O)CC1. The highest BCUT2D eigenvalue weighted by atomic mass is 32.2. The molecule has 0 unspecified atom stereocenters. The Morgan fingerprint density at radius 1 is 1.25 bits per heavy atom. The van der Waals surface area contributed by atoms with Gasteiger partial charge in [0.15, 0.2) is 0 Å². The van der Waals surface area contributed by atoms with Crippen molar-refractivity contribution < 1.29 is 14.7 Å². The second-order valence-electron chi connectivity index (χ2n) is 5.36. The lowest BCUT2D eigenvalue weighted by Gasteiger charge is -2.36. The Kier molecular flexibility index (Phi) is 4.38. The van der Waals surface area contributed by atoms with Gasteiger partial charge in [0.05, 0.1) is 11.0 Å². The first-order chi connectivity index (χ1) is 9.48. The van der Waals surface area contributed by atoms with Crippen LogP contribution in [0.3, 0.4) is 0 Å². The first kappa shape index (κ1) is 14.9. The normalized spacial score (nSPS) is 17.8. The number of carbonyl (C=O) groups excluding carboxylic acids is 1. The van der Waals surface area contributed by atoms with Crippen molar-refractivity contribution in [1.82, 2.24) is 4.90 Å². The van der Waals surface area contributed by atoms with Gasteiger partial charge < -0.3 is 10.0 Å². The fourth-order valence-electron chi connectivity index (χ4n) is 2.41. The number of hydrogen-bond donors (Lipinski definition) is 1. The maximum absolute atomic E-state index is 12.5. The fraction of sp³-hybridized carbons (Fsp3) is 0.467. The van der Waals surface area contributed by atoms with E-state index in [9.17, 15) is 14.7 Å². The van der Waals surface area contributed by atoms with Gasteiger partial charge in [-0.15, -0.1) is 11.8 Å². The molecule has 1 aromatic rings. The molecule has 0 aliphatic carbocycles. The van der Waals surface area contributed by atoms with Crippen LogP contribution in [0.1, 0.15) is 30.1 Å². The van der Waals surface area contributed by atoms with Crippen molar-refractivity contribution in [2.24, 2.45) is 5.41 Å². The number of aliphatic carboxylic acids is 1. The van der Waals surface area contributed by atoms with Crippen LogP contribution >= 0.6 is 11.8 Å². The minimum atomic E-state index is -0.769. The van der Waals surface area contributed by atoms with E-state index in [1.807, 2.05) is 30.5 Å². The first-order valence-electron chi connectivity index (χ1n) is 6.63. The maximum atomic E-state index is 12.5. The van der Waals surface area contributed by atoms with Crippen LogP contribution in [0.2, 0.25) is 0 Å². The van der Waals surface area contributed by atoms with Crippen LogP contribution in [0.5, 0.6) is 0 Å². The second-order valence-corrected chi connectivity index (χ2v) is 6.21. The second kappa shape index (κ2) is 5.87. The number of hydrogen-bond acceptors (Lipinski definition) is 3. The number of benzene rings is 1. The molecule has 1 aromatic carbocycles. The Morgan fingerprint density at radius 3 is 2.40 bits per heavy atom. The minimum Gasteiger partial charge on any atom is -0.481 e. The topological polar surface area (TPSA) is 57.6 Å². The molecular weight excluding hydrogens is 274 g/mol.